The van der Waals surface area contributed by atoms with Gasteiger partial charge in [0.05, 0.1) is 7.11 Å². The second kappa shape index (κ2) is 6.48. The number of hydrogen-bond donors (Lipinski definition) is 1. The van der Waals surface area contributed by atoms with Gasteiger partial charge in [0.25, 0.3) is 0 Å². The minimum atomic E-state index is -0.398. The first kappa shape index (κ1) is 14.5. The molecule has 2 aromatic carbocycles. The quantitative estimate of drug-likeness (QED) is 0.897. The number of ether oxygens (including phenoxy) is 1. The standard InChI is InChI=1S/C16H17F2NO/c1-11(13-5-3-4-6-14(13)17)19-10-12-7-8-16(20-2)15(18)9-12/h3-9,11,19H,10H2,1-2H3. The number of halogens is 2. The van der Waals surface area contributed by atoms with E-state index in [0.29, 0.717) is 12.1 Å². The van der Waals surface area contributed by atoms with Gasteiger partial charge in [-0.15, -0.1) is 0 Å². The molecule has 0 radical (unpaired) electrons. The van der Waals surface area contributed by atoms with E-state index in [1.807, 2.05) is 6.92 Å². The molecule has 0 saturated heterocycles. The minimum absolute atomic E-state index is 0.152. The first-order valence-corrected chi connectivity index (χ1v) is 6.42. The van der Waals surface area contributed by atoms with Gasteiger partial charge in [-0.1, -0.05) is 24.3 Å². The molecule has 0 aliphatic rings. The highest BCUT2D eigenvalue weighted by molar-refractivity contribution is 5.29. The Morgan fingerprint density at radius 2 is 1.85 bits per heavy atom. The topological polar surface area (TPSA) is 21.3 Å². The van der Waals surface area contributed by atoms with Crippen molar-refractivity contribution in [3.63, 3.8) is 0 Å². The first-order chi connectivity index (χ1) is 9.61. The van der Waals surface area contributed by atoms with Gasteiger partial charge in [0.2, 0.25) is 0 Å². The van der Waals surface area contributed by atoms with Crippen LogP contribution in [0.5, 0.6) is 5.75 Å². The van der Waals surface area contributed by atoms with Crippen LogP contribution in [0.1, 0.15) is 24.1 Å². The Hall–Kier alpha value is -1.94. The smallest absolute Gasteiger partial charge is 0.165 e. The highest BCUT2D eigenvalue weighted by atomic mass is 19.1. The predicted molar refractivity (Wildman–Crippen MR) is 74.6 cm³/mol. The molecule has 2 aromatic rings. The average Bonchev–Trinajstić information content (AvgIpc) is 2.45. The van der Waals surface area contributed by atoms with E-state index < -0.39 is 5.82 Å². The Kier molecular flexibility index (Phi) is 4.69. The van der Waals surface area contributed by atoms with Crippen molar-refractivity contribution in [1.82, 2.24) is 5.32 Å². The van der Waals surface area contributed by atoms with Gasteiger partial charge in [-0.05, 0) is 30.7 Å². The second-order valence-electron chi connectivity index (χ2n) is 4.59. The molecule has 20 heavy (non-hydrogen) atoms. The fourth-order valence-corrected chi connectivity index (χ4v) is 2.03. The summed E-state index contributed by atoms with van der Waals surface area (Å²) in [6, 6.07) is 11.3. The van der Waals surface area contributed by atoms with Crippen LogP contribution in [0.4, 0.5) is 8.78 Å². The van der Waals surface area contributed by atoms with E-state index in [1.54, 1.807) is 30.3 Å². The fraction of sp³-hybridized carbons (Fsp3) is 0.250. The summed E-state index contributed by atoms with van der Waals surface area (Å²) in [7, 11) is 1.43. The number of methoxy groups -OCH3 is 1. The molecule has 0 bridgehead atoms. The lowest BCUT2D eigenvalue weighted by atomic mass is 10.1. The van der Waals surface area contributed by atoms with Gasteiger partial charge in [0, 0.05) is 18.2 Å². The molecule has 2 nitrogen and oxygen atoms in total. The highest BCUT2D eigenvalue weighted by Crippen LogP contribution is 2.19. The number of rotatable bonds is 5. The van der Waals surface area contributed by atoms with Gasteiger partial charge in [0.1, 0.15) is 5.82 Å². The SMILES string of the molecule is COc1ccc(CNC(C)c2ccccc2F)cc1F. The molecule has 0 amide bonds. The summed E-state index contributed by atoms with van der Waals surface area (Å²) in [6.07, 6.45) is 0. The van der Waals surface area contributed by atoms with Crippen LogP contribution in [0.3, 0.4) is 0 Å². The summed E-state index contributed by atoms with van der Waals surface area (Å²) in [5, 5.41) is 3.17. The van der Waals surface area contributed by atoms with E-state index in [0.717, 1.165) is 5.56 Å². The van der Waals surface area contributed by atoms with E-state index >= 15 is 0 Å². The Bertz CT molecular complexity index is 586. The molecule has 1 N–H and O–H groups in total. The van der Waals surface area contributed by atoms with E-state index in [9.17, 15) is 8.78 Å². The summed E-state index contributed by atoms with van der Waals surface area (Å²) in [4.78, 5) is 0. The molecule has 0 aromatic heterocycles. The van der Waals surface area contributed by atoms with Crippen LogP contribution in [-0.4, -0.2) is 7.11 Å². The molecule has 0 saturated carbocycles. The Morgan fingerprint density at radius 1 is 1.10 bits per heavy atom. The van der Waals surface area contributed by atoms with Crippen molar-refractivity contribution in [2.45, 2.75) is 19.5 Å². The Labute approximate surface area is 117 Å². The van der Waals surface area contributed by atoms with Crippen molar-refractivity contribution in [3.8, 4) is 5.75 Å². The molecule has 0 fully saturated rings. The van der Waals surface area contributed by atoms with E-state index in [-0.39, 0.29) is 17.6 Å². The summed E-state index contributed by atoms with van der Waals surface area (Å²) in [5.41, 5.74) is 1.38. The first-order valence-electron chi connectivity index (χ1n) is 6.42. The fourth-order valence-electron chi connectivity index (χ4n) is 2.03. The summed E-state index contributed by atoms with van der Waals surface area (Å²) in [5.74, 6) is -0.422. The van der Waals surface area contributed by atoms with Crippen molar-refractivity contribution in [3.05, 3.63) is 65.2 Å². The van der Waals surface area contributed by atoms with Crippen molar-refractivity contribution in [2.75, 3.05) is 7.11 Å². The lowest BCUT2D eigenvalue weighted by Crippen LogP contribution is -2.19. The van der Waals surface area contributed by atoms with Crippen LogP contribution >= 0.6 is 0 Å². The minimum Gasteiger partial charge on any atom is -0.494 e. The van der Waals surface area contributed by atoms with Crippen LogP contribution in [0.2, 0.25) is 0 Å². The van der Waals surface area contributed by atoms with E-state index in [2.05, 4.69) is 5.32 Å². The molecule has 0 heterocycles. The molecular weight excluding hydrogens is 260 g/mol. The van der Waals surface area contributed by atoms with Gasteiger partial charge < -0.3 is 10.1 Å². The largest absolute Gasteiger partial charge is 0.494 e. The lowest BCUT2D eigenvalue weighted by Gasteiger charge is -2.15. The third-order valence-electron chi connectivity index (χ3n) is 3.20. The molecule has 2 rings (SSSR count). The molecule has 106 valence electrons. The monoisotopic (exact) mass is 277 g/mol. The lowest BCUT2D eigenvalue weighted by molar-refractivity contribution is 0.386. The molecule has 1 unspecified atom stereocenters. The Balaban J connectivity index is 2.02. The van der Waals surface area contributed by atoms with Crippen LogP contribution in [-0.2, 0) is 6.54 Å². The van der Waals surface area contributed by atoms with Gasteiger partial charge in [-0.25, -0.2) is 8.78 Å². The zero-order valence-electron chi connectivity index (χ0n) is 11.5. The van der Waals surface area contributed by atoms with Gasteiger partial charge in [-0.2, -0.15) is 0 Å². The zero-order valence-corrected chi connectivity index (χ0v) is 11.5. The van der Waals surface area contributed by atoms with Crippen molar-refractivity contribution in [2.24, 2.45) is 0 Å². The summed E-state index contributed by atoms with van der Waals surface area (Å²) in [6.45, 7) is 2.33. The number of benzene rings is 2. The molecule has 0 aliphatic carbocycles. The van der Waals surface area contributed by atoms with Crippen LogP contribution in [0.15, 0.2) is 42.5 Å². The predicted octanol–water partition coefficient (Wildman–Crippen LogP) is 3.82. The summed E-state index contributed by atoms with van der Waals surface area (Å²) < 4.78 is 32.0. The van der Waals surface area contributed by atoms with Gasteiger partial charge in [0.15, 0.2) is 11.6 Å². The van der Waals surface area contributed by atoms with Gasteiger partial charge >= 0.3 is 0 Å². The maximum Gasteiger partial charge on any atom is 0.165 e. The third-order valence-corrected chi connectivity index (χ3v) is 3.20. The van der Waals surface area contributed by atoms with Crippen LogP contribution in [0.25, 0.3) is 0 Å². The average molecular weight is 277 g/mol. The summed E-state index contributed by atoms with van der Waals surface area (Å²) >= 11 is 0. The maximum atomic E-state index is 13.6. The maximum absolute atomic E-state index is 13.6. The molecule has 1 atom stereocenters. The molecule has 0 aliphatic heterocycles. The van der Waals surface area contributed by atoms with E-state index in [1.165, 1.54) is 19.2 Å². The number of nitrogens with one attached hydrogen (secondary N) is 1. The van der Waals surface area contributed by atoms with Crippen molar-refractivity contribution in [1.29, 1.82) is 0 Å². The normalized spacial score (nSPS) is 12.2. The van der Waals surface area contributed by atoms with Crippen LogP contribution < -0.4 is 10.1 Å². The van der Waals surface area contributed by atoms with Gasteiger partial charge in [-0.3, -0.25) is 0 Å². The molecule has 4 heteroatoms. The highest BCUT2D eigenvalue weighted by Gasteiger charge is 2.10. The Morgan fingerprint density at radius 3 is 2.50 bits per heavy atom. The third kappa shape index (κ3) is 3.33. The zero-order chi connectivity index (χ0) is 14.5. The van der Waals surface area contributed by atoms with Crippen LogP contribution in [0, 0.1) is 11.6 Å². The molecular formula is C16H17F2NO. The molecule has 0 spiro atoms. The van der Waals surface area contributed by atoms with E-state index in [4.69, 9.17) is 4.74 Å². The number of hydrogen-bond acceptors (Lipinski definition) is 2. The van der Waals surface area contributed by atoms with Crippen molar-refractivity contribution < 1.29 is 13.5 Å². The van der Waals surface area contributed by atoms with Crippen molar-refractivity contribution >= 4 is 0 Å². The second-order valence-corrected chi connectivity index (χ2v) is 4.59.